The highest BCUT2D eigenvalue weighted by molar-refractivity contribution is 5.95. The first-order valence-corrected chi connectivity index (χ1v) is 4.59. The molecule has 1 aromatic rings. The van der Waals surface area contributed by atoms with E-state index < -0.39 is 0 Å². The van der Waals surface area contributed by atoms with E-state index >= 15 is 0 Å². The Bertz CT molecular complexity index is 379. The molecular weight excluding hydrogens is 196 g/mol. The second-order valence-electron chi connectivity index (χ2n) is 3.17. The van der Waals surface area contributed by atoms with Gasteiger partial charge in [-0.25, -0.2) is 4.98 Å². The van der Waals surface area contributed by atoms with Gasteiger partial charge >= 0.3 is 0 Å². The molecule has 0 aliphatic carbocycles. The lowest BCUT2D eigenvalue weighted by molar-refractivity contribution is -0.123. The molecule has 2 heterocycles. The maximum Gasteiger partial charge on any atom is 0.274 e. The number of hydrogen-bond donors (Lipinski definition) is 1. The van der Waals surface area contributed by atoms with Gasteiger partial charge in [0.2, 0.25) is 5.91 Å². The monoisotopic (exact) mass is 206 g/mol. The largest absolute Gasteiger partial charge is 0.353 e. The van der Waals surface area contributed by atoms with E-state index in [1.807, 2.05) is 0 Å². The van der Waals surface area contributed by atoms with Gasteiger partial charge in [0.15, 0.2) is 0 Å². The average molecular weight is 206 g/mol. The molecular formula is C9H10N4O2. The van der Waals surface area contributed by atoms with E-state index in [0.29, 0.717) is 13.1 Å². The summed E-state index contributed by atoms with van der Waals surface area (Å²) in [6, 6.07) is 0. The Balaban J connectivity index is 2.11. The Morgan fingerprint density at radius 1 is 1.47 bits per heavy atom. The topological polar surface area (TPSA) is 75.2 Å². The second-order valence-corrected chi connectivity index (χ2v) is 3.17. The third-order valence-electron chi connectivity index (χ3n) is 2.11. The summed E-state index contributed by atoms with van der Waals surface area (Å²) in [6.07, 6.45) is 4.35. The van der Waals surface area contributed by atoms with Crippen molar-refractivity contribution in [3.8, 4) is 0 Å². The molecule has 6 nitrogen and oxygen atoms in total. The van der Waals surface area contributed by atoms with Gasteiger partial charge in [0.1, 0.15) is 5.69 Å². The van der Waals surface area contributed by atoms with Crippen molar-refractivity contribution in [2.75, 3.05) is 19.6 Å². The van der Waals surface area contributed by atoms with Crippen molar-refractivity contribution in [1.82, 2.24) is 20.2 Å². The minimum absolute atomic E-state index is 0.0927. The third-order valence-corrected chi connectivity index (χ3v) is 2.11. The summed E-state index contributed by atoms with van der Waals surface area (Å²) in [5, 5.41) is 2.65. The summed E-state index contributed by atoms with van der Waals surface area (Å²) >= 11 is 0. The van der Waals surface area contributed by atoms with Crippen LogP contribution in [0.4, 0.5) is 0 Å². The number of hydrogen-bond acceptors (Lipinski definition) is 4. The molecule has 0 radical (unpaired) electrons. The zero-order valence-corrected chi connectivity index (χ0v) is 8.01. The van der Waals surface area contributed by atoms with Gasteiger partial charge in [0.05, 0.1) is 12.7 Å². The molecule has 78 valence electrons. The number of amides is 2. The Morgan fingerprint density at radius 3 is 3.00 bits per heavy atom. The highest BCUT2D eigenvalue weighted by atomic mass is 16.2. The molecule has 0 bridgehead atoms. The van der Waals surface area contributed by atoms with Crippen LogP contribution in [0.25, 0.3) is 0 Å². The van der Waals surface area contributed by atoms with Crippen molar-refractivity contribution in [2.45, 2.75) is 0 Å². The molecule has 1 aliphatic rings. The Morgan fingerprint density at radius 2 is 2.33 bits per heavy atom. The number of aromatic nitrogens is 2. The fraction of sp³-hybridized carbons (Fsp3) is 0.333. The molecule has 1 saturated heterocycles. The van der Waals surface area contributed by atoms with Crippen LogP contribution in [0, 0.1) is 0 Å². The predicted octanol–water partition coefficient (Wildman–Crippen LogP) is -0.951. The fourth-order valence-corrected chi connectivity index (χ4v) is 1.38. The number of nitrogens with zero attached hydrogens (tertiary/aromatic N) is 3. The first-order chi connectivity index (χ1) is 7.27. The van der Waals surface area contributed by atoms with E-state index in [1.165, 1.54) is 23.5 Å². The van der Waals surface area contributed by atoms with Crippen LogP contribution in [0.3, 0.4) is 0 Å². The molecule has 1 fully saturated rings. The van der Waals surface area contributed by atoms with Crippen molar-refractivity contribution >= 4 is 11.8 Å². The molecule has 0 saturated carbocycles. The Labute approximate surface area is 86.3 Å². The van der Waals surface area contributed by atoms with Crippen LogP contribution < -0.4 is 5.32 Å². The van der Waals surface area contributed by atoms with Gasteiger partial charge in [-0.1, -0.05) is 0 Å². The quantitative estimate of drug-likeness (QED) is 0.642. The molecule has 1 N–H and O–H groups in total. The molecule has 0 aromatic carbocycles. The molecule has 1 aliphatic heterocycles. The third kappa shape index (κ3) is 2.09. The van der Waals surface area contributed by atoms with Gasteiger partial charge in [-0.3, -0.25) is 14.6 Å². The second kappa shape index (κ2) is 4.04. The number of piperazine rings is 1. The molecule has 15 heavy (non-hydrogen) atoms. The number of carbonyl (C=O) groups is 2. The van der Waals surface area contributed by atoms with E-state index in [0.717, 1.165) is 0 Å². The molecule has 2 amide bonds. The van der Waals surface area contributed by atoms with E-state index in [9.17, 15) is 9.59 Å². The zero-order chi connectivity index (χ0) is 10.7. The van der Waals surface area contributed by atoms with Crippen LogP contribution in [0.15, 0.2) is 18.6 Å². The molecule has 6 heteroatoms. The summed E-state index contributed by atoms with van der Waals surface area (Å²) in [7, 11) is 0. The first-order valence-electron chi connectivity index (χ1n) is 4.59. The first kappa shape index (κ1) is 9.57. The summed E-state index contributed by atoms with van der Waals surface area (Å²) in [6.45, 7) is 1.10. The number of carbonyl (C=O) groups excluding carboxylic acids is 2. The number of nitrogens with one attached hydrogen (secondary N) is 1. The minimum atomic E-state index is -0.252. The smallest absolute Gasteiger partial charge is 0.274 e. The lowest BCUT2D eigenvalue weighted by Gasteiger charge is -2.26. The van der Waals surface area contributed by atoms with Crippen molar-refractivity contribution in [1.29, 1.82) is 0 Å². The molecule has 1 aromatic heterocycles. The van der Waals surface area contributed by atoms with Crippen LogP contribution in [0.1, 0.15) is 10.5 Å². The van der Waals surface area contributed by atoms with Gasteiger partial charge < -0.3 is 10.2 Å². The minimum Gasteiger partial charge on any atom is -0.353 e. The van der Waals surface area contributed by atoms with Crippen molar-refractivity contribution < 1.29 is 9.59 Å². The van der Waals surface area contributed by atoms with Crippen LogP contribution >= 0.6 is 0 Å². The van der Waals surface area contributed by atoms with Crippen LogP contribution in [0.2, 0.25) is 0 Å². The van der Waals surface area contributed by atoms with E-state index in [2.05, 4.69) is 15.3 Å². The molecule has 2 rings (SSSR count). The average Bonchev–Trinajstić information content (AvgIpc) is 2.29. The van der Waals surface area contributed by atoms with Gasteiger partial charge in [0, 0.05) is 25.5 Å². The van der Waals surface area contributed by atoms with Crippen molar-refractivity contribution in [3.63, 3.8) is 0 Å². The van der Waals surface area contributed by atoms with Crippen molar-refractivity contribution in [2.24, 2.45) is 0 Å². The molecule has 0 spiro atoms. The van der Waals surface area contributed by atoms with Crippen LogP contribution in [0.5, 0.6) is 0 Å². The van der Waals surface area contributed by atoms with Crippen molar-refractivity contribution in [3.05, 3.63) is 24.3 Å². The summed E-state index contributed by atoms with van der Waals surface area (Å²) in [5.41, 5.74) is 0.271. The molecule has 0 unspecified atom stereocenters. The highest BCUT2D eigenvalue weighted by Crippen LogP contribution is 2.01. The summed E-state index contributed by atoms with van der Waals surface area (Å²) in [4.78, 5) is 32.0. The van der Waals surface area contributed by atoms with E-state index in [4.69, 9.17) is 0 Å². The lowest BCUT2D eigenvalue weighted by atomic mass is 10.3. The normalized spacial score (nSPS) is 16.0. The van der Waals surface area contributed by atoms with Gasteiger partial charge in [-0.05, 0) is 0 Å². The number of rotatable bonds is 1. The molecule has 0 atom stereocenters. The maximum atomic E-state index is 11.8. The zero-order valence-electron chi connectivity index (χ0n) is 8.01. The van der Waals surface area contributed by atoms with Crippen LogP contribution in [-0.2, 0) is 4.79 Å². The summed E-state index contributed by atoms with van der Waals surface area (Å²) < 4.78 is 0. The van der Waals surface area contributed by atoms with Gasteiger partial charge in [-0.2, -0.15) is 0 Å². The SMILES string of the molecule is O=C1CN(C(=O)c2cnccn2)CCN1. The summed E-state index contributed by atoms with van der Waals surface area (Å²) in [5.74, 6) is -0.392. The Kier molecular flexibility index (Phi) is 2.57. The maximum absolute atomic E-state index is 11.8. The predicted molar refractivity (Wildman–Crippen MR) is 50.9 cm³/mol. The lowest BCUT2D eigenvalue weighted by Crippen LogP contribution is -2.50. The Hall–Kier alpha value is -1.98. The standard InChI is InChI=1S/C9H10N4O2/c14-8-6-13(4-3-12-8)9(15)7-5-10-1-2-11-7/h1-2,5H,3-4,6H2,(H,12,14). The van der Waals surface area contributed by atoms with Gasteiger partial charge in [0.25, 0.3) is 5.91 Å². The van der Waals surface area contributed by atoms with E-state index in [-0.39, 0.29) is 24.1 Å². The van der Waals surface area contributed by atoms with E-state index in [1.54, 1.807) is 0 Å². The fourth-order valence-electron chi connectivity index (χ4n) is 1.38. The van der Waals surface area contributed by atoms with Gasteiger partial charge in [-0.15, -0.1) is 0 Å². The van der Waals surface area contributed by atoms with Crippen LogP contribution in [-0.4, -0.2) is 46.3 Å². The highest BCUT2D eigenvalue weighted by Gasteiger charge is 2.22.